The van der Waals surface area contributed by atoms with Gasteiger partial charge in [-0.1, -0.05) is 23.7 Å². The van der Waals surface area contributed by atoms with Crippen LogP contribution in [0.1, 0.15) is 18.4 Å². The number of hydrogen-bond acceptors (Lipinski definition) is 2. The van der Waals surface area contributed by atoms with Crippen molar-refractivity contribution >= 4 is 11.6 Å². The lowest BCUT2D eigenvalue weighted by Gasteiger charge is -2.32. The zero-order chi connectivity index (χ0) is 10.8. The number of halogens is 2. The largest absolute Gasteiger partial charge is 0.373 e. The molecule has 0 heterocycles. The Bertz CT molecular complexity index is 352. The molecule has 4 heteroatoms. The third-order valence-electron chi connectivity index (χ3n) is 2.64. The number of rotatable bonds is 3. The molecule has 0 aliphatic heterocycles. The third-order valence-corrected chi connectivity index (χ3v) is 3.06. The van der Waals surface area contributed by atoms with Crippen LogP contribution in [-0.4, -0.2) is 12.1 Å². The van der Waals surface area contributed by atoms with Crippen molar-refractivity contribution in [3.05, 3.63) is 34.6 Å². The summed E-state index contributed by atoms with van der Waals surface area (Å²) in [5.41, 5.74) is 6.32. The maximum absolute atomic E-state index is 13.1. The van der Waals surface area contributed by atoms with Gasteiger partial charge in [-0.25, -0.2) is 4.39 Å². The summed E-state index contributed by atoms with van der Waals surface area (Å²) in [5, 5.41) is 0.154. The highest BCUT2D eigenvalue weighted by molar-refractivity contribution is 6.31. The molecule has 2 rings (SSSR count). The molecule has 1 fully saturated rings. The van der Waals surface area contributed by atoms with Crippen molar-refractivity contribution in [1.29, 1.82) is 0 Å². The molecule has 0 bridgehead atoms. The average molecular weight is 230 g/mol. The van der Waals surface area contributed by atoms with Crippen molar-refractivity contribution in [1.82, 2.24) is 0 Å². The van der Waals surface area contributed by atoms with Crippen LogP contribution in [0.5, 0.6) is 0 Å². The maximum atomic E-state index is 13.1. The van der Waals surface area contributed by atoms with E-state index in [1.165, 1.54) is 6.07 Å². The molecule has 1 aliphatic carbocycles. The second-order valence-electron chi connectivity index (χ2n) is 3.88. The lowest BCUT2D eigenvalue weighted by Crippen LogP contribution is -2.41. The zero-order valence-corrected chi connectivity index (χ0v) is 9.01. The molecule has 1 aromatic carbocycles. The van der Waals surface area contributed by atoms with Gasteiger partial charge in [-0.2, -0.15) is 0 Å². The topological polar surface area (TPSA) is 35.2 Å². The van der Waals surface area contributed by atoms with E-state index in [1.54, 1.807) is 12.1 Å². The minimum atomic E-state index is -0.400. The van der Waals surface area contributed by atoms with Crippen LogP contribution in [0.4, 0.5) is 4.39 Å². The molecule has 15 heavy (non-hydrogen) atoms. The first kappa shape index (κ1) is 10.9. The Labute approximate surface area is 93.2 Å². The van der Waals surface area contributed by atoms with Crippen molar-refractivity contribution < 1.29 is 9.13 Å². The van der Waals surface area contributed by atoms with Crippen molar-refractivity contribution in [2.75, 3.05) is 0 Å². The summed E-state index contributed by atoms with van der Waals surface area (Å²) >= 11 is 5.79. The van der Waals surface area contributed by atoms with Crippen LogP contribution in [-0.2, 0) is 11.3 Å². The number of ether oxygens (including phenoxy) is 1. The average Bonchev–Trinajstić information content (AvgIpc) is 2.17. The summed E-state index contributed by atoms with van der Waals surface area (Å²) in [7, 11) is 0. The van der Waals surface area contributed by atoms with E-state index >= 15 is 0 Å². The van der Waals surface area contributed by atoms with Crippen LogP contribution in [0.25, 0.3) is 0 Å². The SMILES string of the molecule is NC1CC(OCc2cccc(F)c2Cl)C1. The smallest absolute Gasteiger partial charge is 0.142 e. The van der Waals surface area contributed by atoms with E-state index in [0.717, 1.165) is 12.8 Å². The molecule has 1 saturated carbocycles. The molecular weight excluding hydrogens is 217 g/mol. The first-order chi connectivity index (χ1) is 7.16. The van der Waals surface area contributed by atoms with E-state index in [1.807, 2.05) is 0 Å². The summed E-state index contributed by atoms with van der Waals surface area (Å²) in [4.78, 5) is 0. The molecule has 2 N–H and O–H groups in total. The van der Waals surface area contributed by atoms with Gasteiger partial charge in [0.2, 0.25) is 0 Å². The van der Waals surface area contributed by atoms with Gasteiger partial charge in [0, 0.05) is 6.04 Å². The second kappa shape index (κ2) is 4.47. The van der Waals surface area contributed by atoms with Crippen LogP contribution >= 0.6 is 11.6 Å². The zero-order valence-electron chi connectivity index (χ0n) is 8.25. The monoisotopic (exact) mass is 229 g/mol. The number of benzene rings is 1. The predicted molar refractivity (Wildman–Crippen MR) is 57.2 cm³/mol. The minimum absolute atomic E-state index is 0.154. The normalized spacial score (nSPS) is 25.0. The molecule has 82 valence electrons. The Balaban J connectivity index is 1.91. The first-order valence-electron chi connectivity index (χ1n) is 4.97. The van der Waals surface area contributed by atoms with E-state index < -0.39 is 5.82 Å². The Morgan fingerprint density at radius 1 is 1.47 bits per heavy atom. The lowest BCUT2D eigenvalue weighted by atomic mass is 9.90. The quantitative estimate of drug-likeness (QED) is 0.864. The van der Waals surface area contributed by atoms with Crippen LogP contribution in [0, 0.1) is 5.82 Å². The second-order valence-corrected chi connectivity index (χ2v) is 4.26. The molecule has 0 spiro atoms. The summed E-state index contributed by atoms with van der Waals surface area (Å²) < 4.78 is 18.6. The van der Waals surface area contributed by atoms with Gasteiger partial charge in [0.15, 0.2) is 0 Å². The van der Waals surface area contributed by atoms with Gasteiger partial charge in [0.05, 0.1) is 17.7 Å². The maximum Gasteiger partial charge on any atom is 0.142 e. The fourth-order valence-electron chi connectivity index (χ4n) is 1.61. The standard InChI is InChI=1S/C11H13ClFNO/c12-11-7(2-1-3-10(11)13)6-15-9-4-8(14)5-9/h1-3,8-9H,4-6,14H2. The van der Waals surface area contributed by atoms with Gasteiger partial charge in [-0.05, 0) is 24.5 Å². The number of hydrogen-bond donors (Lipinski definition) is 1. The van der Waals surface area contributed by atoms with Crippen molar-refractivity contribution in [2.24, 2.45) is 5.73 Å². The summed E-state index contributed by atoms with van der Waals surface area (Å²) in [6.07, 6.45) is 1.97. The third kappa shape index (κ3) is 2.48. The Morgan fingerprint density at radius 2 is 2.20 bits per heavy atom. The van der Waals surface area contributed by atoms with Gasteiger partial charge in [-0.3, -0.25) is 0 Å². The first-order valence-corrected chi connectivity index (χ1v) is 5.34. The molecule has 2 nitrogen and oxygen atoms in total. The molecule has 0 atom stereocenters. The summed E-state index contributed by atoms with van der Waals surface area (Å²) in [6, 6.07) is 5.00. The van der Waals surface area contributed by atoms with Crippen LogP contribution in [0.15, 0.2) is 18.2 Å². The van der Waals surface area contributed by atoms with Gasteiger partial charge < -0.3 is 10.5 Å². The van der Waals surface area contributed by atoms with Gasteiger partial charge >= 0.3 is 0 Å². The fraction of sp³-hybridized carbons (Fsp3) is 0.455. The minimum Gasteiger partial charge on any atom is -0.373 e. The fourth-order valence-corrected chi connectivity index (χ4v) is 1.79. The molecule has 0 unspecified atom stereocenters. The van der Waals surface area contributed by atoms with Crippen molar-refractivity contribution in [3.8, 4) is 0 Å². The van der Waals surface area contributed by atoms with Crippen LogP contribution in [0.2, 0.25) is 5.02 Å². The summed E-state index contributed by atoms with van der Waals surface area (Å²) in [5.74, 6) is -0.400. The van der Waals surface area contributed by atoms with E-state index in [9.17, 15) is 4.39 Å². The Kier molecular flexibility index (Phi) is 3.24. The van der Waals surface area contributed by atoms with Gasteiger partial charge in [0.25, 0.3) is 0 Å². The van der Waals surface area contributed by atoms with Crippen LogP contribution < -0.4 is 5.73 Å². The van der Waals surface area contributed by atoms with Gasteiger partial charge in [-0.15, -0.1) is 0 Å². The molecule has 1 aromatic rings. The molecule has 0 saturated heterocycles. The van der Waals surface area contributed by atoms with Crippen LogP contribution in [0.3, 0.4) is 0 Å². The lowest BCUT2D eigenvalue weighted by molar-refractivity contribution is -0.0189. The highest BCUT2D eigenvalue weighted by atomic mass is 35.5. The predicted octanol–water partition coefficient (Wildman–Crippen LogP) is 2.49. The highest BCUT2D eigenvalue weighted by Gasteiger charge is 2.26. The highest BCUT2D eigenvalue weighted by Crippen LogP contribution is 2.25. The van der Waals surface area contributed by atoms with Crippen molar-refractivity contribution in [3.63, 3.8) is 0 Å². The Morgan fingerprint density at radius 3 is 2.87 bits per heavy atom. The Hall–Kier alpha value is -0.640. The summed E-state index contributed by atoms with van der Waals surface area (Å²) in [6.45, 7) is 0.355. The van der Waals surface area contributed by atoms with Crippen molar-refractivity contribution in [2.45, 2.75) is 31.6 Å². The molecule has 0 aromatic heterocycles. The molecule has 0 radical (unpaired) electrons. The molecule has 0 amide bonds. The molecular formula is C11H13ClFNO. The van der Waals surface area contributed by atoms with E-state index in [4.69, 9.17) is 22.1 Å². The van der Waals surface area contributed by atoms with E-state index in [2.05, 4.69) is 0 Å². The van der Waals surface area contributed by atoms with Gasteiger partial charge in [0.1, 0.15) is 5.82 Å². The molecule has 1 aliphatic rings. The number of nitrogens with two attached hydrogens (primary N) is 1. The van der Waals surface area contributed by atoms with E-state index in [0.29, 0.717) is 12.2 Å². The van der Waals surface area contributed by atoms with E-state index in [-0.39, 0.29) is 17.2 Å².